The smallest absolute Gasteiger partial charge is 0.339 e. The zero-order valence-electron chi connectivity index (χ0n) is 9.69. The van der Waals surface area contributed by atoms with E-state index < -0.39 is 5.97 Å². The standard InChI is InChI=1S/C12H16O4/c1-4-8(2)16-11-9(12(13)14)6-5-7-10(11)15-3/h5-8H,4H2,1-3H3,(H,13,14). The maximum Gasteiger partial charge on any atom is 0.339 e. The second-order valence-electron chi connectivity index (χ2n) is 3.48. The molecular weight excluding hydrogens is 208 g/mol. The molecule has 0 aromatic heterocycles. The van der Waals surface area contributed by atoms with Gasteiger partial charge in [0, 0.05) is 0 Å². The fourth-order valence-corrected chi connectivity index (χ4v) is 1.25. The molecule has 0 saturated heterocycles. The summed E-state index contributed by atoms with van der Waals surface area (Å²) in [4.78, 5) is 11.0. The number of methoxy groups -OCH3 is 1. The number of carbonyl (C=O) groups is 1. The Morgan fingerprint density at radius 3 is 2.69 bits per heavy atom. The SMILES string of the molecule is CCC(C)Oc1c(OC)cccc1C(=O)O. The van der Waals surface area contributed by atoms with Crippen molar-refractivity contribution in [1.82, 2.24) is 0 Å². The summed E-state index contributed by atoms with van der Waals surface area (Å²) < 4.78 is 10.7. The van der Waals surface area contributed by atoms with Crippen LogP contribution < -0.4 is 9.47 Å². The monoisotopic (exact) mass is 224 g/mol. The Bertz CT molecular complexity index is 373. The van der Waals surface area contributed by atoms with E-state index >= 15 is 0 Å². The third kappa shape index (κ3) is 2.66. The van der Waals surface area contributed by atoms with Gasteiger partial charge in [0.25, 0.3) is 0 Å². The first-order valence-corrected chi connectivity index (χ1v) is 5.17. The number of hydrogen-bond donors (Lipinski definition) is 1. The highest BCUT2D eigenvalue weighted by Crippen LogP contribution is 2.32. The van der Waals surface area contributed by atoms with Crippen LogP contribution in [0.3, 0.4) is 0 Å². The van der Waals surface area contributed by atoms with E-state index in [0.29, 0.717) is 11.5 Å². The molecule has 1 aromatic carbocycles. The van der Waals surface area contributed by atoms with Crippen molar-refractivity contribution in [2.45, 2.75) is 26.4 Å². The number of para-hydroxylation sites is 1. The highest BCUT2D eigenvalue weighted by atomic mass is 16.5. The molecule has 0 heterocycles. The van der Waals surface area contributed by atoms with Crippen molar-refractivity contribution in [2.24, 2.45) is 0 Å². The van der Waals surface area contributed by atoms with Gasteiger partial charge in [-0.2, -0.15) is 0 Å². The van der Waals surface area contributed by atoms with Crippen molar-refractivity contribution in [3.63, 3.8) is 0 Å². The Morgan fingerprint density at radius 1 is 1.50 bits per heavy atom. The summed E-state index contributed by atoms with van der Waals surface area (Å²) in [6.45, 7) is 3.86. The highest BCUT2D eigenvalue weighted by Gasteiger charge is 2.17. The lowest BCUT2D eigenvalue weighted by atomic mass is 10.2. The van der Waals surface area contributed by atoms with E-state index in [1.165, 1.54) is 13.2 Å². The number of rotatable bonds is 5. The predicted molar refractivity (Wildman–Crippen MR) is 60.3 cm³/mol. The molecule has 0 amide bonds. The predicted octanol–water partition coefficient (Wildman–Crippen LogP) is 2.57. The van der Waals surface area contributed by atoms with Crippen LogP contribution in [0.2, 0.25) is 0 Å². The average Bonchev–Trinajstić information content (AvgIpc) is 2.28. The second-order valence-corrected chi connectivity index (χ2v) is 3.48. The molecule has 0 aliphatic rings. The molecule has 0 saturated carbocycles. The lowest BCUT2D eigenvalue weighted by Gasteiger charge is -2.17. The van der Waals surface area contributed by atoms with Crippen molar-refractivity contribution in [2.75, 3.05) is 7.11 Å². The van der Waals surface area contributed by atoms with E-state index in [9.17, 15) is 4.79 Å². The summed E-state index contributed by atoms with van der Waals surface area (Å²) in [6, 6.07) is 4.82. The summed E-state index contributed by atoms with van der Waals surface area (Å²) in [6.07, 6.45) is 0.756. The summed E-state index contributed by atoms with van der Waals surface area (Å²) in [5.74, 6) is -0.274. The maximum absolute atomic E-state index is 11.0. The Morgan fingerprint density at radius 2 is 2.19 bits per heavy atom. The number of ether oxygens (including phenoxy) is 2. The lowest BCUT2D eigenvalue weighted by molar-refractivity contribution is 0.0688. The molecule has 1 rings (SSSR count). The molecule has 16 heavy (non-hydrogen) atoms. The molecule has 1 aromatic rings. The van der Waals surface area contributed by atoms with E-state index in [2.05, 4.69) is 0 Å². The molecule has 0 aliphatic heterocycles. The lowest BCUT2D eigenvalue weighted by Crippen LogP contribution is -2.13. The summed E-state index contributed by atoms with van der Waals surface area (Å²) in [5.41, 5.74) is 0.125. The molecule has 4 nitrogen and oxygen atoms in total. The third-order valence-corrected chi connectivity index (χ3v) is 2.32. The van der Waals surface area contributed by atoms with Crippen molar-refractivity contribution in [3.05, 3.63) is 23.8 Å². The van der Waals surface area contributed by atoms with Crippen LogP contribution in [0.5, 0.6) is 11.5 Å². The van der Waals surface area contributed by atoms with Gasteiger partial charge in [0.05, 0.1) is 13.2 Å². The molecule has 0 aliphatic carbocycles. The number of aromatic carboxylic acids is 1. The highest BCUT2D eigenvalue weighted by molar-refractivity contribution is 5.92. The summed E-state index contributed by atoms with van der Waals surface area (Å²) in [7, 11) is 1.49. The number of hydrogen-bond acceptors (Lipinski definition) is 3. The minimum atomic E-state index is -1.02. The Labute approximate surface area is 94.8 Å². The minimum Gasteiger partial charge on any atom is -0.493 e. The molecule has 1 unspecified atom stereocenters. The van der Waals surface area contributed by atoms with E-state index in [0.717, 1.165) is 6.42 Å². The van der Waals surface area contributed by atoms with Crippen molar-refractivity contribution >= 4 is 5.97 Å². The van der Waals surface area contributed by atoms with E-state index in [1.807, 2.05) is 13.8 Å². The van der Waals surface area contributed by atoms with Gasteiger partial charge in [0.15, 0.2) is 11.5 Å². The van der Waals surface area contributed by atoms with Crippen LogP contribution in [0.4, 0.5) is 0 Å². The van der Waals surface area contributed by atoms with Crippen LogP contribution in [0.25, 0.3) is 0 Å². The third-order valence-electron chi connectivity index (χ3n) is 2.32. The van der Waals surface area contributed by atoms with E-state index in [4.69, 9.17) is 14.6 Å². The molecule has 1 N–H and O–H groups in total. The first kappa shape index (κ1) is 12.4. The Kier molecular flexibility index (Phi) is 4.17. The summed E-state index contributed by atoms with van der Waals surface area (Å²) >= 11 is 0. The van der Waals surface area contributed by atoms with Crippen LogP contribution in [-0.2, 0) is 0 Å². The van der Waals surface area contributed by atoms with E-state index in [-0.39, 0.29) is 11.7 Å². The molecule has 4 heteroatoms. The van der Waals surface area contributed by atoms with Crippen molar-refractivity contribution < 1.29 is 19.4 Å². The normalized spacial score (nSPS) is 11.9. The Hall–Kier alpha value is -1.71. The first-order chi connectivity index (χ1) is 7.60. The average molecular weight is 224 g/mol. The van der Waals surface area contributed by atoms with Crippen LogP contribution >= 0.6 is 0 Å². The van der Waals surface area contributed by atoms with Gasteiger partial charge in [0.2, 0.25) is 0 Å². The summed E-state index contributed by atoms with van der Waals surface area (Å²) in [5, 5.41) is 9.04. The van der Waals surface area contributed by atoms with Gasteiger partial charge in [-0.25, -0.2) is 4.79 Å². The van der Waals surface area contributed by atoms with Gasteiger partial charge >= 0.3 is 5.97 Å². The van der Waals surface area contributed by atoms with Gasteiger partial charge in [-0.15, -0.1) is 0 Å². The molecule has 0 radical (unpaired) electrons. The van der Waals surface area contributed by atoms with Gasteiger partial charge in [0.1, 0.15) is 5.56 Å². The van der Waals surface area contributed by atoms with Crippen LogP contribution in [0, 0.1) is 0 Å². The van der Waals surface area contributed by atoms with Crippen molar-refractivity contribution in [3.8, 4) is 11.5 Å². The molecule has 1 atom stereocenters. The van der Waals surface area contributed by atoms with Gasteiger partial charge in [-0.3, -0.25) is 0 Å². The quantitative estimate of drug-likeness (QED) is 0.835. The zero-order valence-corrected chi connectivity index (χ0v) is 9.69. The number of benzene rings is 1. The first-order valence-electron chi connectivity index (χ1n) is 5.17. The van der Waals surface area contributed by atoms with Crippen LogP contribution in [-0.4, -0.2) is 24.3 Å². The fraction of sp³-hybridized carbons (Fsp3) is 0.417. The molecule has 0 fully saturated rings. The molecule has 88 valence electrons. The second kappa shape index (κ2) is 5.39. The Balaban J connectivity index is 3.14. The van der Waals surface area contributed by atoms with Crippen LogP contribution in [0.15, 0.2) is 18.2 Å². The number of carboxylic acid groups (broad SMARTS) is 1. The maximum atomic E-state index is 11.0. The van der Waals surface area contributed by atoms with Gasteiger partial charge in [-0.1, -0.05) is 13.0 Å². The van der Waals surface area contributed by atoms with Crippen molar-refractivity contribution in [1.29, 1.82) is 0 Å². The topological polar surface area (TPSA) is 55.8 Å². The number of carboxylic acids is 1. The van der Waals surface area contributed by atoms with E-state index in [1.54, 1.807) is 12.1 Å². The van der Waals surface area contributed by atoms with Gasteiger partial charge < -0.3 is 14.6 Å². The zero-order chi connectivity index (χ0) is 12.1. The van der Waals surface area contributed by atoms with Crippen LogP contribution in [0.1, 0.15) is 30.6 Å². The molecule has 0 bridgehead atoms. The minimum absolute atomic E-state index is 0.0469. The molecular formula is C12H16O4. The largest absolute Gasteiger partial charge is 0.493 e. The van der Waals surface area contributed by atoms with Gasteiger partial charge in [-0.05, 0) is 25.5 Å². The molecule has 0 spiro atoms. The fourth-order valence-electron chi connectivity index (χ4n) is 1.25.